The van der Waals surface area contributed by atoms with E-state index >= 15 is 0 Å². The molecule has 2 aromatic rings. The van der Waals surface area contributed by atoms with Crippen LogP contribution in [0.1, 0.15) is 44.9 Å². The number of aliphatic hydroxyl groups excluding tert-OH is 4. The lowest BCUT2D eigenvalue weighted by molar-refractivity contribution is -0.254. The average Bonchev–Trinajstić information content (AvgIpc) is 2.99. The zero-order valence-corrected chi connectivity index (χ0v) is 25.5. The Morgan fingerprint density at radius 2 is 1.33 bits per heavy atom. The number of ether oxygens (including phenoxy) is 6. The number of benzene rings is 2. The SMILES string of the molecule is CC(=O)OCC1OC(c2ccc3cc(C#CC4OC(CO)C(O)C(O)C4O)ccc3c2)C(OC(C)=O)C(OC(C)=O)C1OC(C)=O. The van der Waals surface area contributed by atoms with Crippen molar-refractivity contribution in [1.82, 2.24) is 0 Å². The predicted molar refractivity (Wildman–Crippen MR) is 156 cm³/mol. The molecule has 10 atom stereocenters. The molecule has 14 nitrogen and oxygen atoms in total. The van der Waals surface area contributed by atoms with Gasteiger partial charge in [-0.25, -0.2) is 0 Å². The Balaban J connectivity index is 1.67. The lowest BCUT2D eigenvalue weighted by Gasteiger charge is -2.44. The quantitative estimate of drug-likeness (QED) is 0.176. The van der Waals surface area contributed by atoms with Crippen LogP contribution in [0.15, 0.2) is 36.4 Å². The first-order chi connectivity index (χ1) is 21.8. The van der Waals surface area contributed by atoms with E-state index in [0.29, 0.717) is 16.5 Å². The summed E-state index contributed by atoms with van der Waals surface area (Å²) in [5.74, 6) is 2.81. The van der Waals surface area contributed by atoms with Crippen molar-refractivity contribution in [2.75, 3.05) is 13.2 Å². The molecule has 46 heavy (non-hydrogen) atoms. The minimum absolute atomic E-state index is 0.349. The van der Waals surface area contributed by atoms with Crippen LogP contribution in [0.4, 0.5) is 0 Å². The fourth-order valence-corrected chi connectivity index (χ4v) is 5.39. The highest BCUT2D eigenvalue weighted by Crippen LogP contribution is 2.38. The first-order valence-electron chi connectivity index (χ1n) is 14.4. The zero-order valence-electron chi connectivity index (χ0n) is 25.5. The Morgan fingerprint density at radius 1 is 0.717 bits per heavy atom. The smallest absolute Gasteiger partial charge is 0.303 e. The fraction of sp³-hybridized carbons (Fsp3) is 0.500. The van der Waals surface area contributed by atoms with Gasteiger partial charge >= 0.3 is 23.9 Å². The number of rotatable bonds is 7. The molecule has 2 aromatic carbocycles. The molecule has 0 aromatic heterocycles. The number of aliphatic hydroxyl groups is 4. The van der Waals surface area contributed by atoms with Gasteiger partial charge in [0.25, 0.3) is 0 Å². The highest BCUT2D eigenvalue weighted by Gasteiger charge is 2.52. The molecular weight excluding hydrogens is 608 g/mol. The molecule has 14 heteroatoms. The predicted octanol–water partition coefficient (Wildman–Crippen LogP) is -0.168. The molecule has 248 valence electrons. The van der Waals surface area contributed by atoms with Crippen molar-refractivity contribution >= 4 is 34.6 Å². The van der Waals surface area contributed by atoms with Gasteiger partial charge in [-0.2, -0.15) is 0 Å². The van der Waals surface area contributed by atoms with E-state index in [4.69, 9.17) is 28.4 Å². The van der Waals surface area contributed by atoms with Crippen LogP contribution in [0.3, 0.4) is 0 Å². The summed E-state index contributed by atoms with van der Waals surface area (Å²) in [6.07, 6.45) is -12.7. The Labute approximate surface area is 264 Å². The topological polar surface area (TPSA) is 205 Å². The molecule has 0 aliphatic carbocycles. The minimum atomic E-state index is -1.54. The van der Waals surface area contributed by atoms with Crippen LogP contribution in [-0.4, -0.2) is 112 Å². The van der Waals surface area contributed by atoms with Crippen LogP contribution in [0, 0.1) is 11.8 Å². The summed E-state index contributed by atoms with van der Waals surface area (Å²) in [5, 5.41) is 41.1. The second kappa shape index (κ2) is 15.0. The third kappa shape index (κ3) is 8.18. The standard InChI is InChI=1S/C32H36O14/c1-15(34)41-14-25-30(42-16(2)35)32(44-18(4)37)31(43-17(3)36)29(46-25)22-9-8-20-11-19(5-7-21(20)12-22)6-10-23-26(38)28(40)27(39)24(13-33)45-23/h5,7-9,11-12,23-33,38-40H,13-14H2,1-4H3. The number of esters is 4. The van der Waals surface area contributed by atoms with Gasteiger partial charge in [-0.3, -0.25) is 19.2 Å². The highest BCUT2D eigenvalue weighted by atomic mass is 16.7. The van der Waals surface area contributed by atoms with E-state index in [0.717, 1.165) is 19.2 Å². The van der Waals surface area contributed by atoms with Gasteiger partial charge in [0.15, 0.2) is 18.3 Å². The summed E-state index contributed by atoms with van der Waals surface area (Å²) in [7, 11) is 0. The highest BCUT2D eigenvalue weighted by molar-refractivity contribution is 5.84. The molecule has 0 bridgehead atoms. The van der Waals surface area contributed by atoms with Crippen molar-refractivity contribution in [2.45, 2.75) is 88.7 Å². The van der Waals surface area contributed by atoms with Gasteiger partial charge in [0.1, 0.15) is 49.3 Å². The summed E-state index contributed by atoms with van der Waals surface area (Å²) >= 11 is 0. The summed E-state index contributed by atoms with van der Waals surface area (Å²) in [6, 6.07) is 10.4. The van der Waals surface area contributed by atoms with E-state index in [1.807, 2.05) is 0 Å². The number of fused-ring (bicyclic) bond motifs is 1. The molecular formula is C32H36O14. The molecule has 2 heterocycles. The molecule has 2 aliphatic heterocycles. The molecule has 2 saturated heterocycles. The Hall–Kier alpha value is -4.10. The molecule has 10 unspecified atom stereocenters. The van der Waals surface area contributed by atoms with E-state index in [2.05, 4.69) is 11.8 Å². The van der Waals surface area contributed by atoms with E-state index in [-0.39, 0.29) is 6.61 Å². The van der Waals surface area contributed by atoms with Crippen molar-refractivity contribution in [1.29, 1.82) is 0 Å². The van der Waals surface area contributed by atoms with Gasteiger partial charge in [-0.05, 0) is 34.5 Å². The molecule has 0 spiro atoms. The van der Waals surface area contributed by atoms with E-state index in [9.17, 15) is 39.6 Å². The van der Waals surface area contributed by atoms with Crippen molar-refractivity contribution in [3.63, 3.8) is 0 Å². The molecule has 0 radical (unpaired) electrons. The van der Waals surface area contributed by atoms with Crippen molar-refractivity contribution in [3.05, 3.63) is 47.5 Å². The van der Waals surface area contributed by atoms with Gasteiger partial charge in [0, 0.05) is 33.3 Å². The van der Waals surface area contributed by atoms with E-state index in [1.165, 1.54) is 13.8 Å². The number of carbonyl (C=O) groups excluding carboxylic acids is 4. The summed E-state index contributed by atoms with van der Waals surface area (Å²) in [6.45, 7) is 3.74. The maximum absolute atomic E-state index is 12.2. The lowest BCUT2D eigenvalue weighted by Crippen LogP contribution is -2.59. The molecule has 0 saturated carbocycles. The number of carbonyl (C=O) groups is 4. The van der Waals surface area contributed by atoms with E-state index < -0.39 is 91.5 Å². The van der Waals surface area contributed by atoms with Crippen molar-refractivity contribution in [2.24, 2.45) is 0 Å². The van der Waals surface area contributed by atoms with Gasteiger partial charge in [0.2, 0.25) is 0 Å². The Bertz CT molecular complexity index is 1510. The average molecular weight is 645 g/mol. The first kappa shape index (κ1) is 34.8. The third-order valence-electron chi connectivity index (χ3n) is 7.43. The van der Waals surface area contributed by atoms with Crippen LogP contribution in [0.25, 0.3) is 10.8 Å². The molecule has 2 aliphatic rings. The van der Waals surface area contributed by atoms with Gasteiger partial charge < -0.3 is 48.8 Å². The molecule has 2 fully saturated rings. The summed E-state index contributed by atoms with van der Waals surface area (Å²) in [4.78, 5) is 47.9. The van der Waals surface area contributed by atoms with Crippen LogP contribution in [0.2, 0.25) is 0 Å². The minimum Gasteiger partial charge on any atom is -0.463 e. The monoisotopic (exact) mass is 644 g/mol. The van der Waals surface area contributed by atoms with Gasteiger partial charge in [0.05, 0.1) is 6.61 Å². The first-order valence-corrected chi connectivity index (χ1v) is 14.4. The molecule has 4 rings (SSSR count). The second-order valence-corrected chi connectivity index (χ2v) is 11.0. The van der Waals surface area contributed by atoms with Crippen LogP contribution in [0.5, 0.6) is 0 Å². The largest absolute Gasteiger partial charge is 0.463 e. The molecule has 4 N–H and O–H groups in total. The van der Waals surface area contributed by atoms with Crippen LogP contribution < -0.4 is 0 Å². The number of hydrogen-bond acceptors (Lipinski definition) is 14. The lowest BCUT2D eigenvalue weighted by atomic mass is 9.89. The van der Waals surface area contributed by atoms with Crippen molar-refractivity contribution < 1.29 is 68.0 Å². The maximum atomic E-state index is 12.2. The van der Waals surface area contributed by atoms with Gasteiger partial charge in [-0.15, -0.1) is 0 Å². The summed E-state index contributed by atoms with van der Waals surface area (Å²) in [5.41, 5.74) is 1.04. The van der Waals surface area contributed by atoms with E-state index in [1.54, 1.807) is 36.4 Å². The fourth-order valence-electron chi connectivity index (χ4n) is 5.39. The Kier molecular flexibility index (Phi) is 11.3. The number of hydrogen-bond donors (Lipinski definition) is 4. The zero-order chi connectivity index (χ0) is 33.7. The Morgan fingerprint density at radius 3 is 1.96 bits per heavy atom. The molecule has 0 amide bonds. The van der Waals surface area contributed by atoms with Gasteiger partial charge in [-0.1, -0.05) is 30.0 Å². The van der Waals surface area contributed by atoms with Crippen LogP contribution >= 0.6 is 0 Å². The second-order valence-electron chi connectivity index (χ2n) is 11.0. The summed E-state index contributed by atoms with van der Waals surface area (Å²) < 4.78 is 33.4. The third-order valence-corrected chi connectivity index (χ3v) is 7.43. The maximum Gasteiger partial charge on any atom is 0.303 e. The normalized spacial score (nSPS) is 30.8. The van der Waals surface area contributed by atoms with Crippen molar-refractivity contribution in [3.8, 4) is 11.8 Å². The van der Waals surface area contributed by atoms with Crippen LogP contribution in [-0.2, 0) is 47.6 Å².